The number of hydrogen-bond acceptors (Lipinski definition) is 3. The van der Waals surface area contributed by atoms with E-state index in [4.69, 9.17) is 4.74 Å². The highest BCUT2D eigenvalue weighted by Gasteiger charge is 2.24. The maximum atomic E-state index is 12.1. The third-order valence-corrected chi connectivity index (χ3v) is 4.79. The molecule has 0 radical (unpaired) electrons. The van der Waals surface area contributed by atoms with Crippen LogP contribution in [0.1, 0.15) is 16.1 Å². The van der Waals surface area contributed by atoms with E-state index < -0.39 is 0 Å². The molecule has 1 aliphatic rings. The Bertz CT molecular complexity index is 1140. The fourth-order valence-electron chi connectivity index (χ4n) is 3.50. The normalized spacial score (nSPS) is 13.2. The van der Waals surface area contributed by atoms with Crippen molar-refractivity contribution in [3.05, 3.63) is 59.9 Å². The summed E-state index contributed by atoms with van der Waals surface area (Å²) in [5.74, 6) is 0.809. The zero-order valence-electron chi connectivity index (χ0n) is 13.6. The van der Waals surface area contributed by atoms with Gasteiger partial charge in [-0.2, -0.15) is 0 Å². The quantitative estimate of drug-likeness (QED) is 0.590. The van der Waals surface area contributed by atoms with E-state index in [1.807, 2.05) is 42.6 Å². The van der Waals surface area contributed by atoms with Crippen molar-refractivity contribution >= 4 is 27.6 Å². The van der Waals surface area contributed by atoms with Crippen molar-refractivity contribution in [2.45, 2.75) is 6.54 Å². The van der Waals surface area contributed by atoms with E-state index in [-0.39, 0.29) is 5.91 Å². The van der Waals surface area contributed by atoms with Crippen LogP contribution < -0.4 is 10.1 Å². The molecule has 0 bridgehead atoms. The highest BCUT2D eigenvalue weighted by molar-refractivity contribution is 6.16. The maximum Gasteiger partial charge on any atom is 0.254 e. The molecule has 5 nitrogen and oxygen atoms in total. The fourth-order valence-corrected chi connectivity index (χ4v) is 3.50. The van der Waals surface area contributed by atoms with Crippen LogP contribution >= 0.6 is 0 Å². The minimum Gasteiger partial charge on any atom is -0.497 e. The molecule has 0 fully saturated rings. The predicted molar refractivity (Wildman–Crippen MR) is 96.8 cm³/mol. The molecule has 0 aliphatic carbocycles. The van der Waals surface area contributed by atoms with Crippen molar-refractivity contribution in [1.82, 2.24) is 15.3 Å². The number of amides is 1. The smallest absolute Gasteiger partial charge is 0.254 e. The highest BCUT2D eigenvalue weighted by atomic mass is 16.5. The molecule has 2 aromatic carbocycles. The van der Waals surface area contributed by atoms with Gasteiger partial charge in [0.25, 0.3) is 5.91 Å². The molecule has 4 aromatic rings. The first kappa shape index (κ1) is 14.0. The average Bonchev–Trinajstić information content (AvgIpc) is 3.21. The van der Waals surface area contributed by atoms with E-state index in [0.717, 1.165) is 49.9 Å². The number of nitrogens with one attached hydrogen (secondary N) is 2. The lowest BCUT2D eigenvalue weighted by molar-refractivity contribution is 0.0967. The summed E-state index contributed by atoms with van der Waals surface area (Å²) < 4.78 is 5.21. The van der Waals surface area contributed by atoms with Crippen molar-refractivity contribution < 1.29 is 9.53 Å². The van der Waals surface area contributed by atoms with E-state index in [9.17, 15) is 4.79 Å². The van der Waals surface area contributed by atoms with Crippen LogP contribution in [0.5, 0.6) is 5.75 Å². The number of ether oxygens (including phenoxy) is 1. The summed E-state index contributed by atoms with van der Waals surface area (Å²) in [4.78, 5) is 20.1. The third kappa shape index (κ3) is 2.02. The summed E-state index contributed by atoms with van der Waals surface area (Å²) in [6.07, 6.45) is 1.88. The number of H-pyrrole nitrogens is 1. The summed E-state index contributed by atoms with van der Waals surface area (Å²) in [7, 11) is 1.65. The molecule has 0 unspecified atom stereocenters. The van der Waals surface area contributed by atoms with Gasteiger partial charge in [0.05, 0.1) is 30.4 Å². The molecule has 1 amide bonds. The number of hydrogen-bond donors (Lipinski definition) is 2. The van der Waals surface area contributed by atoms with Crippen LogP contribution in [0.4, 0.5) is 0 Å². The first-order chi connectivity index (χ1) is 12.2. The standard InChI is InChI=1S/C20H15N3O2/c1-25-13-5-2-11(3-6-13)16-8-15-12(9-21-16)4-7-14-18-17(23-19(14)15)10-22-20(18)24/h2-9,23H,10H2,1H3,(H,22,24). The zero-order chi connectivity index (χ0) is 17.0. The first-order valence-electron chi connectivity index (χ1n) is 8.10. The van der Waals surface area contributed by atoms with Crippen molar-refractivity contribution in [2.24, 2.45) is 0 Å². The van der Waals surface area contributed by atoms with E-state index >= 15 is 0 Å². The molecule has 122 valence electrons. The fraction of sp³-hybridized carbons (Fsp3) is 0.100. The van der Waals surface area contributed by atoms with E-state index in [1.165, 1.54) is 0 Å². The number of aromatic amines is 1. The van der Waals surface area contributed by atoms with Crippen LogP contribution in [0.15, 0.2) is 48.7 Å². The number of methoxy groups -OCH3 is 1. The number of carbonyl (C=O) groups is 1. The Morgan fingerprint density at radius 3 is 2.72 bits per heavy atom. The molecule has 25 heavy (non-hydrogen) atoms. The number of nitrogens with zero attached hydrogens (tertiary/aromatic N) is 1. The Morgan fingerprint density at radius 2 is 1.92 bits per heavy atom. The summed E-state index contributed by atoms with van der Waals surface area (Å²) in [6, 6.07) is 13.9. The summed E-state index contributed by atoms with van der Waals surface area (Å²) in [6.45, 7) is 0.556. The molecule has 5 heteroatoms. The summed E-state index contributed by atoms with van der Waals surface area (Å²) >= 11 is 0. The van der Waals surface area contributed by atoms with Crippen LogP contribution in [0.2, 0.25) is 0 Å². The number of carbonyl (C=O) groups excluding carboxylic acids is 1. The Hall–Kier alpha value is -3.34. The van der Waals surface area contributed by atoms with E-state index in [1.54, 1.807) is 7.11 Å². The first-order valence-corrected chi connectivity index (χ1v) is 8.10. The predicted octanol–water partition coefficient (Wildman–Crippen LogP) is 3.64. The molecule has 0 saturated heterocycles. The number of rotatable bonds is 2. The number of pyridine rings is 1. The molecular formula is C20H15N3O2. The van der Waals surface area contributed by atoms with Gasteiger partial charge in [-0.05, 0) is 30.3 Å². The van der Waals surface area contributed by atoms with Gasteiger partial charge in [-0.15, -0.1) is 0 Å². The van der Waals surface area contributed by atoms with Crippen LogP contribution in [0.3, 0.4) is 0 Å². The Kier molecular flexibility index (Phi) is 2.85. The molecule has 5 rings (SSSR count). The highest BCUT2D eigenvalue weighted by Crippen LogP contribution is 2.33. The largest absolute Gasteiger partial charge is 0.497 e. The lowest BCUT2D eigenvalue weighted by Gasteiger charge is -2.06. The monoisotopic (exact) mass is 329 g/mol. The Balaban J connectivity index is 1.73. The molecule has 2 aromatic heterocycles. The van der Waals surface area contributed by atoms with Gasteiger partial charge in [-0.25, -0.2) is 0 Å². The van der Waals surface area contributed by atoms with E-state index in [0.29, 0.717) is 6.54 Å². The van der Waals surface area contributed by atoms with Crippen LogP contribution in [0, 0.1) is 0 Å². The minimum absolute atomic E-state index is 0.00923. The third-order valence-electron chi connectivity index (χ3n) is 4.79. The second-order valence-electron chi connectivity index (χ2n) is 6.17. The Morgan fingerprint density at radius 1 is 1.08 bits per heavy atom. The molecule has 1 aliphatic heterocycles. The summed E-state index contributed by atoms with van der Waals surface area (Å²) in [5.41, 5.74) is 4.63. The second-order valence-corrected chi connectivity index (χ2v) is 6.17. The summed E-state index contributed by atoms with van der Waals surface area (Å²) in [5, 5.41) is 5.94. The molecule has 0 spiro atoms. The SMILES string of the molecule is COc1ccc(-c2cc3c(ccc4c5c([nH]c43)CNC5=O)cn2)cc1. The maximum absolute atomic E-state index is 12.1. The van der Waals surface area contributed by atoms with Crippen LogP contribution in [0.25, 0.3) is 32.9 Å². The van der Waals surface area contributed by atoms with Gasteiger partial charge in [0.15, 0.2) is 0 Å². The number of benzene rings is 2. The number of fused-ring (bicyclic) bond motifs is 5. The van der Waals surface area contributed by atoms with E-state index in [2.05, 4.69) is 21.4 Å². The van der Waals surface area contributed by atoms with Crippen molar-refractivity contribution in [3.8, 4) is 17.0 Å². The van der Waals surface area contributed by atoms with Gasteiger partial charge < -0.3 is 15.0 Å². The van der Waals surface area contributed by atoms with Gasteiger partial charge in [0.1, 0.15) is 5.75 Å². The van der Waals surface area contributed by atoms with Crippen molar-refractivity contribution in [1.29, 1.82) is 0 Å². The molecule has 0 atom stereocenters. The van der Waals surface area contributed by atoms with Gasteiger partial charge >= 0.3 is 0 Å². The molecule has 0 saturated carbocycles. The van der Waals surface area contributed by atoms with Crippen LogP contribution in [-0.4, -0.2) is 23.0 Å². The van der Waals surface area contributed by atoms with Gasteiger partial charge in [-0.1, -0.05) is 12.1 Å². The molecular weight excluding hydrogens is 314 g/mol. The van der Waals surface area contributed by atoms with Crippen LogP contribution in [-0.2, 0) is 6.54 Å². The second kappa shape index (κ2) is 5.08. The molecule has 2 N–H and O–H groups in total. The van der Waals surface area contributed by atoms with Gasteiger partial charge in [-0.3, -0.25) is 9.78 Å². The zero-order valence-corrected chi connectivity index (χ0v) is 13.6. The average molecular weight is 329 g/mol. The van der Waals surface area contributed by atoms with Crippen molar-refractivity contribution in [3.63, 3.8) is 0 Å². The lowest BCUT2D eigenvalue weighted by Crippen LogP contribution is -2.13. The van der Waals surface area contributed by atoms with Crippen molar-refractivity contribution in [2.75, 3.05) is 7.11 Å². The van der Waals surface area contributed by atoms with Gasteiger partial charge in [0, 0.05) is 33.6 Å². The number of aromatic nitrogens is 2. The van der Waals surface area contributed by atoms with Gasteiger partial charge in [0.2, 0.25) is 0 Å². The minimum atomic E-state index is -0.00923. The Labute approximate surface area is 143 Å². The lowest BCUT2D eigenvalue weighted by atomic mass is 10.0. The topological polar surface area (TPSA) is 67.0 Å². The molecule has 3 heterocycles.